The van der Waals surface area contributed by atoms with Crippen molar-refractivity contribution >= 4 is 34.0 Å². The molecule has 2 aliphatic heterocycles. The molecule has 2 aliphatic carbocycles. The number of carbonyl (C=O) groups excluding carboxylic acids is 4. The number of benzene rings is 1. The van der Waals surface area contributed by atoms with Crippen LogP contribution >= 0.6 is 0 Å². The molecular weight excluding hydrogens is 598 g/mol. The fourth-order valence-electron chi connectivity index (χ4n) is 6.34. The number of nitrogens with one attached hydrogen (secondary N) is 4. The van der Waals surface area contributed by atoms with Crippen molar-refractivity contribution in [2.24, 2.45) is 5.92 Å². The fourth-order valence-corrected chi connectivity index (χ4v) is 7.48. The van der Waals surface area contributed by atoms with Gasteiger partial charge in [-0.05, 0) is 77.7 Å². The zero-order chi connectivity index (χ0) is 32.4. The van der Waals surface area contributed by atoms with Gasteiger partial charge in [0.1, 0.15) is 11.6 Å². The van der Waals surface area contributed by atoms with Crippen molar-refractivity contribution in [2.75, 3.05) is 6.54 Å². The Labute approximate surface area is 265 Å². The first-order valence-electron chi connectivity index (χ1n) is 16.0. The normalized spacial score (nSPS) is 31.3. The van der Waals surface area contributed by atoms with Crippen LogP contribution in [0.25, 0.3) is 0 Å². The van der Waals surface area contributed by atoms with Crippen LogP contribution in [0.3, 0.4) is 0 Å². The van der Waals surface area contributed by atoms with Gasteiger partial charge in [-0.2, -0.15) is 13.1 Å². The van der Waals surface area contributed by atoms with Crippen LogP contribution in [-0.4, -0.2) is 72.9 Å². The Hall–Kier alpha value is -3.45. The molecule has 4 amide bonds. The topological polar surface area (TPSA) is 163 Å². The number of allylic oxidation sites excluding steroid dienone is 1. The molecule has 6 atom stereocenters. The average Bonchev–Trinajstić information content (AvgIpc) is 3.81. The summed E-state index contributed by atoms with van der Waals surface area (Å²) in [6.45, 7) is 5.74. The molecule has 1 aromatic carbocycles. The van der Waals surface area contributed by atoms with Crippen LogP contribution in [0.4, 0.5) is 4.79 Å². The van der Waals surface area contributed by atoms with Gasteiger partial charge in [-0.3, -0.25) is 14.4 Å². The van der Waals surface area contributed by atoms with Gasteiger partial charge in [0, 0.05) is 30.0 Å². The second kappa shape index (κ2) is 13.1. The lowest BCUT2D eigenvalue weighted by atomic mass is 10.1. The van der Waals surface area contributed by atoms with Crippen molar-refractivity contribution in [3.63, 3.8) is 0 Å². The second-order valence-corrected chi connectivity index (χ2v) is 15.2. The Morgan fingerprint density at radius 1 is 1.04 bits per heavy atom. The molecule has 4 N–H and O–H groups in total. The SMILES string of the molecule is CC(C)(C)NC(=O)OC1CCCCC/C=C/C2CC2(C(=O)NS(=O)(=O)NC2CC2c2ccccc2)NC(=O)C2CCCN2C1=O. The van der Waals surface area contributed by atoms with Crippen molar-refractivity contribution < 1.29 is 32.3 Å². The lowest BCUT2D eigenvalue weighted by Crippen LogP contribution is -2.58. The maximum atomic E-state index is 13.7. The van der Waals surface area contributed by atoms with Gasteiger partial charge in [-0.15, -0.1) is 0 Å². The maximum absolute atomic E-state index is 13.7. The molecule has 45 heavy (non-hydrogen) atoms. The zero-order valence-electron chi connectivity index (χ0n) is 26.2. The molecule has 246 valence electrons. The van der Waals surface area contributed by atoms with Crippen molar-refractivity contribution in [3.05, 3.63) is 48.0 Å². The van der Waals surface area contributed by atoms with E-state index in [4.69, 9.17) is 4.74 Å². The van der Waals surface area contributed by atoms with Gasteiger partial charge in [0.2, 0.25) is 5.91 Å². The monoisotopic (exact) mass is 643 g/mol. The van der Waals surface area contributed by atoms with Crippen LogP contribution < -0.4 is 20.1 Å². The van der Waals surface area contributed by atoms with E-state index in [9.17, 15) is 27.6 Å². The minimum Gasteiger partial charge on any atom is -0.436 e. The third-order valence-electron chi connectivity index (χ3n) is 8.86. The Morgan fingerprint density at radius 3 is 2.53 bits per heavy atom. The smallest absolute Gasteiger partial charge is 0.408 e. The number of fused-ring (bicyclic) bond motifs is 2. The summed E-state index contributed by atoms with van der Waals surface area (Å²) in [4.78, 5) is 55.0. The summed E-state index contributed by atoms with van der Waals surface area (Å²) >= 11 is 0. The summed E-state index contributed by atoms with van der Waals surface area (Å²) in [5, 5.41) is 5.56. The van der Waals surface area contributed by atoms with Gasteiger partial charge < -0.3 is 20.3 Å². The first kappa shape index (κ1) is 32.9. The summed E-state index contributed by atoms with van der Waals surface area (Å²) in [6, 6.07) is 8.37. The van der Waals surface area contributed by atoms with Crippen LogP contribution in [0.2, 0.25) is 0 Å². The first-order valence-corrected chi connectivity index (χ1v) is 17.4. The Balaban J connectivity index is 1.29. The van der Waals surface area contributed by atoms with Gasteiger partial charge in [0.15, 0.2) is 6.10 Å². The predicted molar refractivity (Wildman–Crippen MR) is 167 cm³/mol. The zero-order valence-corrected chi connectivity index (χ0v) is 27.0. The van der Waals surface area contributed by atoms with E-state index < -0.39 is 57.2 Å². The molecule has 4 aliphatic rings. The summed E-state index contributed by atoms with van der Waals surface area (Å²) < 4.78 is 36.4. The molecule has 0 radical (unpaired) electrons. The van der Waals surface area contributed by atoms with E-state index in [1.807, 2.05) is 63.3 Å². The second-order valence-electron chi connectivity index (χ2n) is 13.7. The van der Waals surface area contributed by atoms with Gasteiger partial charge in [0.05, 0.1) is 0 Å². The highest BCUT2D eigenvalue weighted by atomic mass is 32.2. The molecule has 5 rings (SSSR count). The lowest BCUT2D eigenvalue weighted by molar-refractivity contribution is -0.146. The van der Waals surface area contributed by atoms with E-state index in [1.54, 1.807) is 0 Å². The summed E-state index contributed by atoms with van der Waals surface area (Å²) in [6.07, 6.45) is 7.19. The molecule has 3 fully saturated rings. The Morgan fingerprint density at radius 2 is 1.80 bits per heavy atom. The van der Waals surface area contributed by atoms with Crippen LogP contribution in [0, 0.1) is 5.92 Å². The Bertz CT molecular complexity index is 1430. The Kier molecular flexibility index (Phi) is 9.60. The molecule has 12 nitrogen and oxygen atoms in total. The molecule has 13 heteroatoms. The molecule has 0 bridgehead atoms. The third-order valence-corrected chi connectivity index (χ3v) is 9.93. The standard InChI is InChI=1S/C32H45N5O7S/c1-31(2,3)34-30(41)44-26-17-11-6-4-5-10-15-22-20-32(22,33-27(38)25-16-12-18-37(25)28(26)39)29(40)36-45(42,43)35-24-19-23(24)21-13-8-7-9-14-21/h7-10,13-15,22-26,35H,4-6,11-12,16-20H2,1-3H3,(H,33,38)(H,34,41)(H,36,40)/b15-10+. The van der Waals surface area contributed by atoms with E-state index >= 15 is 0 Å². The largest absolute Gasteiger partial charge is 0.436 e. The van der Waals surface area contributed by atoms with Crippen molar-refractivity contribution in [1.29, 1.82) is 0 Å². The van der Waals surface area contributed by atoms with E-state index in [-0.39, 0.29) is 24.3 Å². The molecule has 0 aromatic heterocycles. The number of rotatable bonds is 6. The average molecular weight is 644 g/mol. The molecule has 1 aromatic rings. The first-order chi connectivity index (χ1) is 21.3. The van der Waals surface area contributed by atoms with Gasteiger partial charge >= 0.3 is 16.3 Å². The van der Waals surface area contributed by atoms with Gasteiger partial charge in [0.25, 0.3) is 11.8 Å². The van der Waals surface area contributed by atoms with Crippen LogP contribution in [0.5, 0.6) is 0 Å². The molecule has 6 unspecified atom stereocenters. The number of amides is 4. The van der Waals surface area contributed by atoms with Gasteiger partial charge in [-0.25, -0.2) is 9.52 Å². The number of nitrogens with zero attached hydrogens (tertiary/aromatic N) is 1. The van der Waals surface area contributed by atoms with Crippen LogP contribution in [0.15, 0.2) is 42.5 Å². The highest BCUT2D eigenvalue weighted by molar-refractivity contribution is 7.88. The van der Waals surface area contributed by atoms with E-state index in [2.05, 4.69) is 20.1 Å². The maximum Gasteiger partial charge on any atom is 0.408 e. The molecule has 1 saturated heterocycles. The number of carbonyl (C=O) groups is 4. The van der Waals surface area contributed by atoms with Crippen molar-refractivity contribution in [1.82, 2.24) is 25.0 Å². The number of hydrogen-bond acceptors (Lipinski definition) is 7. The lowest BCUT2D eigenvalue weighted by Gasteiger charge is -2.30. The predicted octanol–water partition coefficient (Wildman–Crippen LogP) is 2.77. The van der Waals surface area contributed by atoms with Crippen molar-refractivity contribution in [2.45, 2.75) is 114 Å². The molecule has 2 heterocycles. The minimum absolute atomic E-state index is 0.0315. The summed E-state index contributed by atoms with van der Waals surface area (Å²) in [5.41, 5.74) is -0.983. The van der Waals surface area contributed by atoms with E-state index in [0.29, 0.717) is 45.1 Å². The minimum atomic E-state index is -4.20. The highest BCUT2D eigenvalue weighted by Gasteiger charge is 2.61. The van der Waals surface area contributed by atoms with E-state index in [1.165, 1.54) is 4.90 Å². The number of ether oxygens (including phenoxy) is 1. The summed E-state index contributed by atoms with van der Waals surface area (Å²) in [5.74, 6) is -2.14. The molecular formula is C32H45N5O7S. The molecule has 2 saturated carbocycles. The summed E-state index contributed by atoms with van der Waals surface area (Å²) in [7, 11) is -4.20. The van der Waals surface area contributed by atoms with Crippen LogP contribution in [0.1, 0.15) is 90.0 Å². The van der Waals surface area contributed by atoms with E-state index in [0.717, 1.165) is 18.4 Å². The quantitative estimate of drug-likeness (QED) is 0.347. The van der Waals surface area contributed by atoms with Crippen molar-refractivity contribution in [3.8, 4) is 0 Å². The molecule has 0 spiro atoms. The fraction of sp³-hybridized carbons (Fsp3) is 0.625. The number of hydrogen-bond donors (Lipinski definition) is 4. The highest BCUT2D eigenvalue weighted by Crippen LogP contribution is 2.46. The number of alkyl carbamates (subject to hydrolysis) is 1. The van der Waals surface area contributed by atoms with Gasteiger partial charge in [-0.1, -0.05) is 48.9 Å². The third kappa shape index (κ3) is 8.23. The van der Waals surface area contributed by atoms with Crippen LogP contribution in [-0.2, 0) is 29.3 Å².